The smallest absolute Gasteiger partial charge is 0.326 e. The van der Waals surface area contributed by atoms with Crippen LogP contribution >= 0.6 is 0 Å². The number of amides is 4. The van der Waals surface area contributed by atoms with E-state index in [2.05, 4.69) is 22.9 Å². The molecule has 2 aromatic rings. The molecule has 0 aliphatic carbocycles. The van der Waals surface area contributed by atoms with Gasteiger partial charge in [-0.25, -0.2) is 4.79 Å². The van der Waals surface area contributed by atoms with Crippen molar-refractivity contribution in [3.05, 3.63) is 47.5 Å². The van der Waals surface area contributed by atoms with Crippen molar-refractivity contribution in [3.8, 4) is 22.6 Å². The SMILES string of the molecule is CCCCCCCCCCCCCC(=O)N[C@@H](CN)C(=O)N(C)[C@@H]1C(=O)N[C@@H](C)C(=O)N[C@H](C(=O)O)Cc2ccc(OCCN)c(c2)-c2cc1ccc2OCCN. The summed E-state index contributed by atoms with van der Waals surface area (Å²) in [5.41, 5.74) is 19.5. The molecule has 15 nitrogen and oxygen atoms in total. The van der Waals surface area contributed by atoms with Crippen LogP contribution in [0.3, 0.4) is 0 Å². The topological polar surface area (TPSA) is 241 Å². The highest BCUT2D eigenvalue weighted by Gasteiger charge is 2.35. The summed E-state index contributed by atoms with van der Waals surface area (Å²) < 4.78 is 12.0. The molecule has 1 aliphatic rings. The van der Waals surface area contributed by atoms with E-state index in [1.54, 1.807) is 36.4 Å². The van der Waals surface area contributed by atoms with E-state index >= 15 is 0 Å². The van der Waals surface area contributed by atoms with Crippen molar-refractivity contribution in [2.75, 3.05) is 39.9 Å². The molecule has 316 valence electrons. The highest BCUT2D eigenvalue weighted by Crippen LogP contribution is 2.40. The van der Waals surface area contributed by atoms with Gasteiger partial charge in [0.2, 0.25) is 23.6 Å². The summed E-state index contributed by atoms with van der Waals surface area (Å²) in [5.74, 6) is -2.86. The average molecular weight is 796 g/mol. The molecule has 1 aliphatic heterocycles. The van der Waals surface area contributed by atoms with Gasteiger partial charge in [0.05, 0.1) is 0 Å². The van der Waals surface area contributed by atoms with Crippen molar-refractivity contribution in [1.29, 1.82) is 0 Å². The number of nitrogens with two attached hydrogens (primary N) is 3. The lowest BCUT2D eigenvalue weighted by molar-refractivity contribution is -0.143. The van der Waals surface area contributed by atoms with Crippen LogP contribution in [0.1, 0.15) is 108 Å². The number of nitrogens with one attached hydrogen (secondary N) is 3. The van der Waals surface area contributed by atoms with E-state index in [0.717, 1.165) is 19.3 Å². The van der Waals surface area contributed by atoms with Gasteiger partial charge in [-0.3, -0.25) is 19.2 Å². The van der Waals surface area contributed by atoms with Gasteiger partial charge < -0.3 is 52.6 Å². The summed E-state index contributed by atoms with van der Waals surface area (Å²) in [4.78, 5) is 68.1. The molecule has 0 fully saturated rings. The molecule has 0 spiro atoms. The molecular formula is C42H65N7O8. The van der Waals surface area contributed by atoms with Gasteiger partial charge in [0.25, 0.3) is 0 Å². The first-order valence-electron chi connectivity index (χ1n) is 20.5. The third-order valence-electron chi connectivity index (χ3n) is 10.1. The molecule has 57 heavy (non-hydrogen) atoms. The van der Waals surface area contributed by atoms with E-state index in [9.17, 15) is 29.1 Å². The summed E-state index contributed by atoms with van der Waals surface area (Å²) in [6.45, 7) is 4.18. The minimum absolute atomic E-state index is 0.0735. The van der Waals surface area contributed by atoms with Crippen LogP contribution in [-0.2, 0) is 30.4 Å². The first kappa shape index (κ1) is 46.7. The number of hydrogen-bond acceptors (Lipinski definition) is 10. The number of likely N-dealkylation sites (N-methyl/N-ethyl adjacent to an activating group) is 1. The lowest BCUT2D eigenvalue weighted by atomic mass is 9.93. The van der Waals surface area contributed by atoms with Crippen LogP contribution < -0.4 is 42.6 Å². The highest BCUT2D eigenvalue weighted by atomic mass is 16.5. The Hall–Kier alpha value is -4.73. The first-order valence-corrected chi connectivity index (χ1v) is 20.5. The van der Waals surface area contributed by atoms with Crippen molar-refractivity contribution in [2.45, 2.75) is 121 Å². The minimum Gasteiger partial charge on any atom is -0.492 e. The maximum absolute atomic E-state index is 14.2. The molecule has 0 unspecified atom stereocenters. The third kappa shape index (κ3) is 14.6. The zero-order chi connectivity index (χ0) is 41.7. The van der Waals surface area contributed by atoms with Crippen LogP contribution in [0.15, 0.2) is 36.4 Å². The number of nitrogens with zero attached hydrogens (tertiary/aromatic N) is 1. The fraction of sp³-hybridized carbons (Fsp3) is 0.595. The van der Waals surface area contributed by atoms with Crippen LogP contribution in [0.4, 0.5) is 0 Å². The largest absolute Gasteiger partial charge is 0.492 e. The number of carboxylic acids is 1. The van der Waals surface area contributed by atoms with E-state index in [1.165, 1.54) is 63.8 Å². The molecule has 4 atom stereocenters. The van der Waals surface area contributed by atoms with Crippen molar-refractivity contribution in [2.24, 2.45) is 17.2 Å². The Bertz CT molecular complexity index is 1620. The number of ether oxygens (including phenoxy) is 2. The minimum atomic E-state index is -1.33. The molecular weight excluding hydrogens is 731 g/mol. The Kier molecular flexibility index (Phi) is 20.3. The Morgan fingerprint density at radius 1 is 0.825 bits per heavy atom. The highest BCUT2D eigenvalue weighted by molar-refractivity contribution is 5.96. The number of aliphatic carboxylic acids is 1. The maximum Gasteiger partial charge on any atom is 0.326 e. The monoisotopic (exact) mass is 795 g/mol. The van der Waals surface area contributed by atoms with Gasteiger partial charge in [-0.1, -0.05) is 83.3 Å². The number of hydrogen-bond donors (Lipinski definition) is 7. The predicted octanol–water partition coefficient (Wildman–Crippen LogP) is 3.30. The fourth-order valence-corrected chi connectivity index (χ4v) is 6.88. The predicted molar refractivity (Wildman–Crippen MR) is 219 cm³/mol. The maximum atomic E-state index is 14.2. The Morgan fingerprint density at radius 2 is 1.39 bits per heavy atom. The fourth-order valence-electron chi connectivity index (χ4n) is 6.88. The third-order valence-corrected chi connectivity index (χ3v) is 10.1. The molecule has 0 saturated carbocycles. The number of fused-ring (bicyclic) bond motifs is 5. The Morgan fingerprint density at radius 3 is 1.95 bits per heavy atom. The van der Waals surface area contributed by atoms with E-state index in [0.29, 0.717) is 40.2 Å². The molecule has 2 aromatic carbocycles. The molecule has 10 N–H and O–H groups in total. The Labute approximate surface area is 337 Å². The number of carboxylic acid groups (broad SMARTS) is 1. The molecule has 4 amide bonds. The lowest BCUT2D eigenvalue weighted by Crippen LogP contribution is -2.56. The van der Waals surface area contributed by atoms with E-state index in [4.69, 9.17) is 26.7 Å². The van der Waals surface area contributed by atoms with Crippen molar-refractivity contribution in [1.82, 2.24) is 20.9 Å². The van der Waals surface area contributed by atoms with Crippen LogP contribution in [0.5, 0.6) is 11.5 Å². The second-order valence-corrected chi connectivity index (χ2v) is 14.7. The normalized spacial score (nSPS) is 17.4. The molecule has 3 rings (SSSR count). The molecule has 0 saturated heterocycles. The van der Waals surface area contributed by atoms with Crippen molar-refractivity contribution >= 4 is 29.6 Å². The number of benzene rings is 2. The van der Waals surface area contributed by atoms with Gasteiger partial charge >= 0.3 is 5.97 Å². The number of carbonyl (C=O) groups excluding carboxylic acids is 4. The van der Waals surface area contributed by atoms with E-state index < -0.39 is 47.9 Å². The van der Waals surface area contributed by atoms with Gasteiger partial charge in [0.1, 0.15) is 48.9 Å². The zero-order valence-electron chi connectivity index (χ0n) is 34.0. The molecule has 15 heteroatoms. The lowest BCUT2D eigenvalue weighted by Gasteiger charge is -2.32. The van der Waals surface area contributed by atoms with Crippen LogP contribution in [0, 0.1) is 0 Å². The quantitative estimate of drug-likeness (QED) is 0.0805. The summed E-state index contributed by atoms with van der Waals surface area (Å²) in [5, 5.41) is 18.0. The average Bonchev–Trinajstić information content (AvgIpc) is 3.19. The van der Waals surface area contributed by atoms with E-state index in [-0.39, 0.29) is 51.6 Å². The van der Waals surface area contributed by atoms with Gasteiger partial charge in [0, 0.05) is 50.7 Å². The molecule has 0 aromatic heterocycles. The van der Waals surface area contributed by atoms with Gasteiger partial charge in [0.15, 0.2) is 0 Å². The number of unbranched alkanes of at least 4 members (excludes halogenated alkanes) is 10. The number of rotatable bonds is 23. The molecule has 4 bridgehead atoms. The number of carbonyl (C=O) groups is 5. The summed E-state index contributed by atoms with van der Waals surface area (Å²) in [6.07, 6.45) is 12.7. The zero-order valence-corrected chi connectivity index (χ0v) is 34.0. The van der Waals surface area contributed by atoms with Gasteiger partial charge in [-0.15, -0.1) is 0 Å². The second-order valence-electron chi connectivity index (χ2n) is 14.7. The van der Waals surface area contributed by atoms with Gasteiger partial charge in [-0.2, -0.15) is 0 Å². The van der Waals surface area contributed by atoms with Crippen LogP contribution in [0.2, 0.25) is 0 Å². The molecule has 0 radical (unpaired) electrons. The van der Waals surface area contributed by atoms with Crippen molar-refractivity contribution < 1.29 is 38.6 Å². The first-order chi connectivity index (χ1) is 27.4. The standard InChI is InChI=1S/C42H65N7O8/c1-4-5-6-7-8-9-10-11-12-13-14-15-37(50)47-34(27-45)41(53)49(3)38-30-17-19-36(57-23-21-44)32(26-30)31-24-29(16-18-35(31)56-22-20-43)25-33(42(54)55)48-39(51)28(2)46-40(38)52/h16-19,24,26,28,33-34,38H,4-15,20-23,25,27,43-45H2,1-3H3,(H,46,52)(H,47,50)(H,48,51)(H,54,55)/t28-,33-,34-,38-/m0/s1. The van der Waals surface area contributed by atoms with Crippen LogP contribution in [0.25, 0.3) is 11.1 Å². The van der Waals surface area contributed by atoms with Gasteiger partial charge in [-0.05, 0) is 48.7 Å². The summed E-state index contributed by atoms with van der Waals surface area (Å²) in [7, 11) is 1.43. The summed E-state index contributed by atoms with van der Waals surface area (Å²) >= 11 is 0. The van der Waals surface area contributed by atoms with Crippen LogP contribution in [-0.4, -0.2) is 97.6 Å². The Balaban J connectivity index is 1.92. The van der Waals surface area contributed by atoms with Crippen molar-refractivity contribution in [3.63, 3.8) is 0 Å². The second kappa shape index (κ2) is 24.8. The summed E-state index contributed by atoms with van der Waals surface area (Å²) in [6, 6.07) is 5.10. The van der Waals surface area contributed by atoms with E-state index in [1.807, 2.05) is 0 Å². The molecule has 1 heterocycles.